The molecule has 59 heavy (non-hydrogen) atoms. The van der Waals surface area contributed by atoms with Gasteiger partial charge in [-0.1, -0.05) is 55.5 Å². The molecule has 0 radical (unpaired) electrons. The monoisotopic (exact) mass is 791 g/mol. The lowest BCUT2D eigenvalue weighted by molar-refractivity contribution is -0.131. The van der Waals surface area contributed by atoms with Gasteiger partial charge in [0, 0.05) is 92.5 Å². The van der Waals surface area contributed by atoms with Crippen LogP contribution in [0.4, 0.5) is 11.4 Å². The molecule has 2 atom stereocenters. The molecule has 0 spiro atoms. The molecule has 5 aromatic rings. The van der Waals surface area contributed by atoms with Crippen molar-refractivity contribution in [2.75, 3.05) is 50.1 Å². The number of carbonyl (C=O) groups is 3. The normalized spacial score (nSPS) is 18.6. The fourth-order valence-electron chi connectivity index (χ4n) is 9.41. The Morgan fingerprint density at radius 1 is 0.831 bits per heavy atom. The number of hydrogen-bond acceptors (Lipinski definition) is 7. The molecule has 1 unspecified atom stereocenters. The molecule has 0 bridgehead atoms. The maximum atomic E-state index is 15.4. The van der Waals surface area contributed by atoms with Crippen LogP contribution in [0.3, 0.4) is 0 Å². The molecular weight excluding hydrogens is 739 g/mol. The first-order valence-electron chi connectivity index (χ1n) is 21.2. The molecule has 0 aliphatic carbocycles. The Balaban J connectivity index is 1.07. The average molecular weight is 792 g/mol. The third-order valence-corrected chi connectivity index (χ3v) is 12.7. The zero-order valence-corrected chi connectivity index (χ0v) is 34.1. The summed E-state index contributed by atoms with van der Waals surface area (Å²) in [6.07, 6.45) is 3.96. The van der Waals surface area contributed by atoms with Crippen molar-refractivity contribution in [2.24, 2.45) is 5.92 Å². The number of benzene rings is 4. The molecule has 304 valence electrons. The average Bonchev–Trinajstić information content (AvgIpc) is 3.89. The van der Waals surface area contributed by atoms with Gasteiger partial charge in [0.2, 0.25) is 5.91 Å². The number of nitrogens with zero attached hydrogens (tertiary/aromatic N) is 4. The van der Waals surface area contributed by atoms with E-state index in [4.69, 9.17) is 9.47 Å². The number of nitrogens with one attached hydrogen (secondary N) is 1. The van der Waals surface area contributed by atoms with Crippen LogP contribution in [0, 0.1) is 5.92 Å². The van der Waals surface area contributed by atoms with Gasteiger partial charge < -0.3 is 29.2 Å². The van der Waals surface area contributed by atoms with Crippen molar-refractivity contribution >= 4 is 29.0 Å². The summed E-state index contributed by atoms with van der Waals surface area (Å²) in [6, 6.07) is 31.8. The summed E-state index contributed by atoms with van der Waals surface area (Å²) >= 11 is 0. The van der Waals surface area contributed by atoms with Gasteiger partial charge in [-0.05, 0) is 96.5 Å². The number of carbonyl (C=O) groups excluding carboxylic acids is 3. The lowest BCUT2D eigenvalue weighted by atomic mass is 9.81. The topological polar surface area (TPSA) is 96.4 Å². The van der Waals surface area contributed by atoms with E-state index in [0.717, 1.165) is 103 Å². The number of aromatic nitrogens is 1. The van der Waals surface area contributed by atoms with Crippen molar-refractivity contribution in [1.29, 1.82) is 0 Å². The largest absolute Gasteiger partial charge is 0.489 e. The van der Waals surface area contributed by atoms with E-state index in [9.17, 15) is 9.59 Å². The summed E-state index contributed by atoms with van der Waals surface area (Å²) in [5.74, 6) is 0.820. The third-order valence-electron chi connectivity index (χ3n) is 12.7. The van der Waals surface area contributed by atoms with Gasteiger partial charge in [0.25, 0.3) is 5.91 Å². The van der Waals surface area contributed by atoms with Crippen molar-refractivity contribution < 1.29 is 23.9 Å². The summed E-state index contributed by atoms with van der Waals surface area (Å²) < 4.78 is 14.0. The standard InChI is InChI=1S/C49H53N5O5/c1-3-46(55)53-30-35-26-40(41(27-36(35)31-53)48(56)47-37(29-52-21-23-58-24-22-52)25-34-13-7-8-14-43(34)50-47)45-28-42(44-15-9-10-20-54(44)45)49(57)51(2)38-16-18-39(19-17-38)59-32-33-11-5-4-6-12-33/h4-8,11-14,16-19,26-28,37,47,50H,3,9-10,15,20-25,29-32H2,1-2H3/t37-,47?/m0/s1. The number of hydrogen-bond donors (Lipinski definition) is 1. The highest BCUT2D eigenvalue weighted by Crippen LogP contribution is 2.39. The highest BCUT2D eigenvalue weighted by atomic mass is 16.5. The molecule has 4 aromatic carbocycles. The molecule has 10 nitrogen and oxygen atoms in total. The van der Waals surface area contributed by atoms with Crippen molar-refractivity contribution in [3.63, 3.8) is 0 Å². The van der Waals surface area contributed by atoms with Crippen molar-refractivity contribution in [3.8, 4) is 17.0 Å². The Morgan fingerprint density at radius 3 is 2.36 bits per heavy atom. The van der Waals surface area contributed by atoms with E-state index in [1.54, 1.807) is 4.90 Å². The zero-order valence-electron chi connectivity index (χ0n) is 34.1. The number of anilines is 2. The minimum atomic E-state index is -0.456. The number of para-hydroxylation sites is 1. The van der Waals surface area contributed by atoms with E-state index in [1.807, 2.05) is 85.6 Å². The number of ether oxygens (including phenoxy) is 2. The zero-order chi connectivity index (χ0) is 40.5. The first kappa shape index (κ1) is 38.8. The molecule has 4 aliphatic heterocycles. The van der Waals surface area contributed by atoms with Crippen molar-refractivity contribution in [3.05, 3.63) is 136 Å². The van der Waals surface area contributed by atoms with Crippen molar-refractivity contribution in [1.82, 2.24) is 14.4 Å². The minimum Gasteiger partial charge on any atom is -0.489 e. The first-order chi connectivity index (χ1) is 28.8. The van der Waals surface area contributed by atoms with Crippen LogP contribution in [-0.4, -0.2) is 77.9 Å². The summed E-state index contributed by atoms with van der Waals surface area (Å²) in [7, 11) is 1.82. The number of rotatable bonds is 11. The Hall–Kier alpha value is -5.71. The van der Waals surface area contributed by atoms with Gasteiger partial charge in [0.05, 0.1) is 24.8 Å². The van der Waals surface area contributed by atoms with Crippen LogP contribution >= 0.6 is 0 Å². The predicted molar refractivity (Wildman–Crippen MR) is 230 cm³/mol. The highest BCUT2D eigenvalue weighted by Gasteiger charge is 2.38. The molecule has 1 fully saturated rings. The van der Waals surface area contributed by atoms with Gasteiger partial charge >= 0.3 is 0 Å². The summed E-state index contributed by atoms with van der Waals surface area (Å²) in [4.78, 5) is 49.0. The van der Waals surface area contributed by atoms with Crippen LogP contribution in [0.1, 0.15) is 74.8 Å². The maximum Gasteiger partial charge on any atom is 0.259 e. The summed E-state index contributed by atoms with van der Waals surface area (Å²) in [5, 5.41) is 3.71. The van der Waals surface area contributed by atoms with Crippen LogP contribution < -0.4 is 15.0 Å². The summed E-state index contributed by atoms with van der Waals surface area (Å²) in [5.41, 5.74) is 10.2. The molecule has 1 aromatic heterocycles. The van der Waals surface area contributed by atoms with E-state index in [0.29, 0.717) is 50.5 Å². The lowest BCUT2D eigenvalue weighted by Gasteiger charge is -2.38. The molecule has 1 saturated heterocycles. The van der Waals surface area contributed by atoms with Gasteiger partial charge in [-0.3, -0.25) is 19.3 Å². The van der Waals surface area contributed by atoms with Gasteiger partial charge in [0.15, 0.2) is 5.78 Å². The first-order valence-corrected chi connectivity index (χ1v) is 21.2. The van der Waals surface area contributed by atoms with Crippen LogP contribution in [0.2, 0.25) is 0 Å². The fourth-order valence-corrected chi connectivity index (χ4v) is 9.41. The quantitative estimate of drug-likeness (QED) is 0.137. The third kappa shape index (κ3) is 7.91. The van der Waals surface area contributed by atoms with Crippen LogP contribution in [0.25, 0.3) is 11.3 Å². The molecule has 1 N–H and O–H groups in total. The molecular formula is C49H53N5O5. The minimum absolute atomic E-state index is 0.0388. The Kier molecular flexibility index (Phi) is 11.1. The second-order valence-electron chi connectivity index (χ2n) is 16.4. The highest BCUT2D eigenvalue weighted by molar-refractivity contribution is 6.10. The Morgan fingerprint density at radius 2 is 1.58 bits per heavy atom. The molecule has 5 heterocycles. The van der Waals surface area contributed by atoms with Crippen LogP contribution in [0.5, 0.6) is 5.75 Å². The van der Waals surface area contributed by atoms with E-state index in [2.05, 4.69) is 45.1 Å². The second-order valence-corrected chi connectivity index (χ2v) is 16.4. The lowest BCUT2D eigenvalue weighted by Crippen LogP contribution is -2.49. The number of fused-ring (bicyclic) bond motifs is 3. The van der Waals surface area contributed by atoms with Crippen LogP contribution in [0.15, 0.2) is 97.1 Å². The Labute approximate surface area is 346 Å². The van der Waals surface area contributed by atoms with Crippen molar-refractivity contribution in [2.45, 2.75) is 71.3 Å². The molecule has 0 saturated carbocycles. The van der Waals surface area contributed by atoms with Gasteiger partial charge in [0.1, 0.15) is 12.4 Å². The van der Waals surface area contributed by atoms with E-state index in [-0.39, 0.29) is 23.5 Å². The molecule has 9 rings (SSSR count). The van der Waals surface area contributed by atoms with E-state index in [1.165, 1.54) is 5.56 Å². The van der Waals surface area contributed by atoms with Gasteiger partial charge in [-0.15, -0.1) is 0 Å². The number of morpholine rings is 1. The number of amides is 2. The van der Waals surface area contributed by atoms with Gasteiger partial charge in [-0.2, -0.15) is 0 Å². The number of Topliss-reactive ketones (excluding diaryl/α,β-unsaturated/α-hetero) is 1. The maximum absolute atomic E-state index is 15.4. The summed E-state index contributed by atoms with van der Waals surface area (Å²) in [6.45, 7) is 7.97. The smallest absolute Gasteiger partial charge is 0.259 e. The molecule has 2 amide bonds. The van der Waals surface area contributed by atoms with Gasteiger partial charge in [-0.25, -0.2) is 0 Å². The molecule has 10 heteroatoms. The Bertz CT molecular complexity index is 2350. The molecule has 4 aliphatic rings. The SMILES string of the molecule is CCC(=O)N1Cc2cc(C(=O)C3Nc4ccccc4C[C@H]3CN3CCOCC3)c(-c3cc(C(=O)N(C)c4ccc(OCc5ccccc5)cc4)c4n3CCCC4)cc2C1. The predicted octanol–water partition coefficient (Wildman–Crippen LogP) is 7.77. The van der Waals surface area contributed by atoms with Crippen LogP contribution in [-0.2, 0) is 48.6 Å². The number of ketones is 1. The fraction of sp³-hybridized carbons (Fsp3) is 0.367. The second kappa shape index (κ2) is 16.9. The van der Waals surface area contributed by atoms with E-state index >= 15 is 4.79 Å². The van der Waals surface area contributed by atoms with E-state index < -0.39 is 6.04 Å².